The zero-order valence-electron chi connectivity index (χ0n) is 10.5. The molecule has 1 aliphatic carbocycles. The second-order valence-corrected chi connectivity index (χ2v) is 4.93. The van der Waals surface area contributed by atoms with Gasteiger partial charge in [-0.05, 0) is 25.0 Å². The predicted molar refractivity (Wildman–Crippen MR) is 75.1 cm³/mol. The number of hydrogen-bond donors (Lipinski definition) is 0. The summed E-state index contributed by atoms with van der Waals surface area (Å²) in [6.45, 7) is 0.934. The third-order valence-electron chi connectivity index (χ3n) is 3.74. The van der Waals surface area contributed by atoms with Crippen molar-refractivity contribution in [1.29, 1.82) is 0 Å². The van der Waals surface area contributed by atoms with Gasteiger partial charge in [-0.15, -0.1) is 12.4 Å². The first-order valence-corrected chi connectivity index (χ1v) is 6.55. The molecule has 0 atom stereocenters. The Balaban J connectivity index is 0.00000120. The molecule has 2 heterocycles. The fraction of sp³-hybridized carbons (Fsp3) is 0.500. The van der Waals surface area contributed by atoms with Crippen molar-refractivity contribution in [3.63, 3.8) is 0 Å². The van der Waals surface area contributed by atoms with Gasteiger partial charge in [0.1, 0.15) is 0 Å². The molecule has 0 amide bonds. The highest BCUT2D eigenvalue weighted by Gasteiger charge is 2.16. The van der Waals surface area contributed by atoms with E-state index in [1.165, 1.54) is 37.8 Å². The molecule has 18 heavy (non-hydrogen) atoms. The molecule has 1 saturated carbocycles. The lowest BCUT2D eigenvalue weighted by Gasteiger charge is -2.25. The minimum atomic E-state index is 0. The van der Waals surface area contributed by atoms with Crippen LogP contribution in [0.3, 0.4) is 0 Å². The van der Waals surface area contributed by atoms with Crippen LogP contribution in [-0.2, 0) is 6.54 Å². The average molecular weight is 266 g/mol. The lowest BCUT2D eigenvalue weighted by Crippen LogP contribution is -2.15. The highest BCUT2D eigenvalue weighted by molar-refractivity contribution is 5.85. The standard InChI is InChI=1S/C14H19N3.ClH/c1-2-5-13(6-3-1)17-9-4-7-14(17)11-16-10-8-15-12-16;/h4,7-10,12-13H,1-3,5-6,11H2;1H. The van der Waals surface area contributed by atoms with Crippen molar-refractivity contribution in [2.75, 3.05) is 0 Å². The van der Waals surface area contributed by atoms with Gasteiger partial charge in [-0.25, -0.2) is 4.98 Å². The Hall–Kier alpha value is -1.22. The number of aromatic nitrogens is 3. The van der Waals surface area contributed by atoms with Crippen LogP contribution in [-0.4, -0.2) is 14.1 Å². The Morgan fingerprint density at radius 1 is 1.17 bits per heavy atom. The third kappa shape index (κ3) is 2.78. The van der Waals surface area contributed by atoms with Crippen LogP contribution in [0, 0.1) is 0 Å². The maximum atomic E-state index is 4.10. The van der Waals surface area contributed by atoms with Gasteiger partial charge in [0.15, 0.2) is 0 Å². The van der Waals surface area contributed by atoms with Crippen molar-refractivity contribution < 1.29 is 0 Å². The highest BCUT2D eigenvalue weighted by Crippen LogP contribution is 2.29. The Morgan fingerprint density at radius 3 is 2.72 bits per heavy atom. The molecule has 3 nitrogen and oxygen atoms in total. The second-order valence-electron chi connectivity index (χ2n) is 4.93. The van der Waals surface area contributed by atoms with Crippen LogP contribution in [0.1, 0.15) is 43.8 Å². The number of rotatable bonds is 3. The van der Waals surface area contributed by atoms with Crippen molar-refractivity contribution in [3.05, 3.63) is 42.7 Å². The maximum Gasteiger partial charge on any atom is 0.0949 e. The normalized spacial score (nSPS) is 16.4. The number of nitrogens with zero attached hydrogens (tertiary/aromatic N) is 3. The van der Waals surface area contributed by atoms with E-state index in [1.54, 1.807) is 0 Å². The highest BCUT2D eigenvalue weighted by atomic mass is 35.5. The van der Waals surface area contributed by atoms with Crippen molar-refractivity contribution in [2.24, 2.45) is 0 Å². The summed E-state index contributed by atoms with van der Waals surface area (Å²) in [6, 6.07) is 5.12. The van der Waals surface area contributed by atoms with Gasteiger partial charge in [0.2, 0.25) is 0 Å². The molecule has 0 aliphatic heterocycles. The first-order valence-electron chi connectivity index (χ1n) is 6.55. The van der Waals surface area contributed by atoms with E-state index in [4.69, 9.17) is 0 Å². The van der Waals surface area contributed by atoms with Gasteiger partial charge >= 0.3 is 0 Å². The molecule has 2 aromatic rings. The van der Waals surface area contributed by atoms with E-state index < -0.39 is 0 Å². The van der Waals surface area contributed by atoms with Crippen molar-refractivity contribution >= 4 is 12.4 Å². The van der Waals surface area contributed by atoms with E-state index in [0.717, 1.165) is 12.6 Å². The zero-order chi connectivity index (χ0) is 11.5. The van der Waals surface area contributed by atoms with Gasteiger partial charge in [0.25, 0.3) is 0 Å². The number of halogens is 1. The maximum absolute atomic E-state index is 4.10. The summed E-state index contributed by atoms with van der Waals surface area (Å²) < 4.78 is 4.60. The van der Waals surface area contributed by atoms with Crippen LogP contribution in [0.5, 0.6) is 0 Å². The number of imidazole rings is 1. The minimum absolute atomic E-state index is 0. The molecule has 0 bridgehead atoms. The molecule has 3 rings (SSSR count). The van der Waals surface area contributed by atoms with Crippen LogP contribution in [0.2, 0.25) is 0 Å². The van der Waals surface area contributed by atoms with Crippen LogP contribution in [0.4, 0.5) is 0 Å². The molecule has 0 aromatic carbocycles. The van der Waals surface area contributed by atoms with E-state index >= 15 is 0 Å². The van der Waals surface area contributed by atoms with E-state index in [-0.39, 0.29) is 12.4 Å². The minimum Gasteiger partial charge on any atom is -0.347 e. The third-order valence-corrected chi connectivity index (χ3v) is 3.74. The summed E-state index contributed by atoms with van der Waals surface area (Å²) in [4.78, 5) is 4.10. The van der Waals surface area contributed by atoms with Gasteiger partial charge in [-0.1, -0.05) is 19.3 Å². The fourth-order valence-corrected chi connectivity index (χ4v) is 2.85. The van der Waals surface area contributed by atoms with Crippen molar-refractivity contribution in [3.8, 4) is 0 Å². The fourth-order valence-electron chi connectivity index (χ4n) is 2.85. The SMILES string of the molecule is Cl.c1cc(Cn2ccnc2)n(C2CCCCC2)c1. The monoisotopic (exact) mass is 265 g/mol. The summed E-state index contributed by atoms with van der Waals surface area (Å²) in [6.07, 6.45) is 14.8. The molecule has 0 radical (unpaired) electrons. The second kappa shape index (κ2) is 6.10. The quantitative estimate of drug-likeness (QED) is 0.830. The molecular formula is C14H20ClN3. The average Bonchev–Trinajstić information content (AvgIpc) is 3.02. The van der Waals surface area contributed by atoms with Gasteiger partial charge in [0.05, 0.1) is 12.9 Å². The summed E-state index contributed by atoms with van der Waals surface area (Å²) in [5.74, 6) is 0. The largest absolute Gasteiger partial charge is 0.347 e. The van der Waals surface area contributed by atoms with Crippen LogP contribution < -0.4 is 0 Å². The topological polar surface area (TPSA) is 22.8 Å². The lowest BCUT2D eigenvalue weighted by atomic mass is 9.95. The molecule has 4 heteroatoms. The first-order chi connectivity index (χ1) is 8.43. The van der Waals surface area contributed by atoms with E-state index in [0.29, 0.717) is 0 Å². The summed E-state index contributed by atoms with van der Waals surface area (Å²) in [5.41, 5.74) is 1.40. The van der Waals surface area contributed by atoms with Crippen LogP contribution in [0.15, 0.2) is 37.1 Å². The van der Waals surface area contributed by atoms with E-state index in [1.807, 2.05) is 18.7 Å². The molecule has 0 unspecified atom stereocenters. The summed E-state index contributed by atoms with van der Waals surface area (Å²) >= 11 is 0. The van der Waals surface area contributed by atoms with E-state index in [2.05, 4.69) is 32.4 Å². The Morgan fingerprint density at radius 2 is 2.00 bits per heavy atom. The summed E-state index contributed by atoms with van der Waals surface area (Å²) in [5, 5.41) is 0. The van der Waals surface area contributed by atoms with Gasteiger partial charge in [-0.3, -0.25) is 0 Å². The van der Waals surface area contributed by atoms with Crippen LogP contribution in [0.25, 0.3) is 0 Å². The molecule has 2 aromatic heterocycles. The molecule has 1 aliphatic rings. The molecule has 0 N–H and O–H groups in total. The van der Waals surface area contributed by atoms with Gasteiger partial charge in [0, 0.05) is 30.3 Å². The molecule has 98 valence electrons. The Bertz CT molecular complexity index is 455. The molecular weight excluding hydrogens is 246 g/mol. The molecule has 1 fully saturated rings. The van der Waals surface area contributed by atoms with Crippen molar-refractivity contribution in [2.45, 2.75) is 44.7 Å². The molecule has 0 spiro atoms. The number of hydrogen-bond acceptors (Lipinski definition) is 1. The van der Waals surface area contributed by atoms with Gasteiger partial charge < -0.3 is 9.13 Å². The van der Waals surface area contributed by atoms with Crippen LogP contribution >= 0.6 is 12.4 Å². The Kier molecular flexibility index (Phi) is 4.48. The first kappa shape index (κ1) is 13.2. The lowest BCUT2D eigenvalue weighted by molar-refractivity contribution is 0.346. The predicted octanol–water partition coefficient (Wildman–Crippen LogP) is 3.66. The smallest absolute Gasteiger partial charge is 0.0949 e. The zero-order valence-corrected chi connectivity index (χ0v) is 11.4. The van der Waals surface area contributed by atoms with E-state index in [9.17, 15) is 0 Å². The Labute approximate surface area is 114 Å². The van der Waals surface area contributed by atoms with Crippen molar-refractivity contribution in [1.82, 2.24) is 14.1 Å². The van der Waals surface area contributed by atoms with Gasteiger partial charge in [-0.2, -0.15) is 0 Å². The summed E-state index contributed by atoms with van der Waals surface area (Å²) in [7, 11) is 0. The molecule has 0 saturated heterocycles.